The number of likely N-dealkylation sites (N-methyl/N-ethyl adjacent to an activating group) is 1. The molecule has 3 rings (SSSR count). The number of amides is 1. The Bertz CT molecular complexity index is 1040. The molecule has 1 fully saturated rings. The number of rotatable bonds is 9. The minimum Gasteiger partial charge on any atom is -0.388 e. The van der Waals surface area contributed by atoms with E-state index in [0.717, 1.165) is 21.9 Å². The number of hydrogen-bond acceptors (Lipinski definition) is 4. The number of ketones is 2. The molecule has 0 heterocycles. The number of carbonyl (C=O) groups excluding carboxylic acids is 3. The number of Topliss-reactive ketones (excluding diaryl/α,β-unsaturated/α-hetero) is 2. The second-order valence-corrected chi connectivity index (χ2v) is 8.79. The molecule has 2 atom stereocenters. The van der Waals surface area contributed by atoms with Gasteiger partial charge in [-0.3, -0.25) is 14.4 Å². The maximum Gasteiger partial charge on any atom is 0.254 e. The van der Waals surface area contributed by atoms with Crippen LogP contribution >= 0.6 is 0 Å². The molecule has 0 bridgehead atoms. The largest absolute Gasteiger partial charge is 0.388 e. The Hall–Kier alpha value is -3.23. The molecule has 1 N–H and O–H groups in total. The Morgan fingerprint density at radius 1 is 0.970 bits per heavy atom. The van der Waals surface area contributed by atoms with Crippen molar-refractivity contribution in [2.45, 2.75) is 51.5 Å². The first-order valence-corrected chi connectivity index (χ1v) is 11.5. The molecule has 1 aliphatic carbocycles. The zero-order valence-electron chi connectivity index (χ0n) is 19.5. The van der Waals surface area contributed by atoms with Crippen molar-refractivity contribution >= 4 is 17.5 Å². The lowest BCUT2D eigenvalue weighted by molar-refractivity contribution is -0.134. The first-order chi connectivity index (χ1) is 15.8. The standard InChI is InChI=1S/C28H31NO4/c1-4-25(31)27(26(32)18-30)29(3)28(33)24-15-11-21(12-16-24)6-5-20-9-13-23(14-10-20)19(2)17-22-7-8-22/h9-16,19,22,27,30H,4,7-8,17-18H2,1-3H3. The molecule has 0 aromatic heterocycles. The third-order valence-electron chi connectivity index (χ3n) is 6.17. The molecule has 2 aromatic carbocycles. The second-order valence-electron chi connectivity index (χ2n) is 8.79. The molecule has 0 spiro atoms. The van der Waals surface area contributed by atoms with Crippen LogP contribution in [0.2, 0.25) is 0 Å². The number of hydrogen-bond donors (Lipinski definition) is 1. The van der Waals surface area contributed by atoms with Gasteiger partial charge in [-0.25, -0.2) is 0 Å². The van der Waals surface area contributed by atoms with Crippen LogP contribution < -0.4 is 0 Å². The molecule has 1 amide bonds. The van der Waals surface area contributed by atoms with Gasteiger partial charge >= 0.3 is 0 Å². The number of aliphatic hydroxyl groups is 1. The molecule has 5 heteroatoms. The van der Waals surface area contributed by atoms with Crippen LogP contribution in [0.3, 0.4) is 0 Å². The monoisotopic (exact) mass is 445 g/mol. The lowest BCUT2D eigenvalue weighted by Crippen LogP contribution is -2.48. The van der Waals surface area contributed by atoms with E-state index in [1.54, 1.807) is 31.2 Å². The van der Waals surface area contributed by atoms with Crippen LogP contribution in [0.15, 0.2) is 48.5 Å². The molecule has 1 saturated carbocycles. The maximum atomic E-state index is 12.8. The van der Waals surface area contributed by atoms with Crippen molar-refractivity contribution in [2.24, 2.45) is 5.92 Å². The SMILES string of the molecule is CCC(=O)C(C(=O)CO)N(C)C(=O)c1ccc(C#Cc2ccc(C(C)CC3CC3)cc2)cc1. The van der Waals surface area contributed by atoms with Crippen molar-refractivity contribution in [1.29, 1.82) is 0 Å². The average molecular weight is 446 g/mol. The molecule has 2 aromatic rings. The third-order valence-corrected chi connectivity index (χ3v) is 6.17. The van der Waals surface area contributed by atoms with Gasteiger partial charge in [0.05, 0.1) is 0 Å². The van der Waals surface area contributed by atoms with Crippen molar-refractivity contribution in [3.05, 3.63) is 70.8 Å². The van der Waals surface area contributed by atoms with Crippen molar-refractivity contribution in [1.82, 2.24) is 4.90 Å². The van der Waals surface area contributed by atoms with Crippen LogP contribution in [-0.4, -0.2) is 47.2 Å². The van der Waals surface area contributed by atoms with Crippen LogP contribution in [0, 0.1) is 17.8 Å². The van der Waals surface area contributed by atoms with Crippen molar-refractivity contribution < 1.29 is 19.5 Å². The summed E-state index contributed by atoms with van der Waals surface area (Å²) in [5.41, 5.74) is 3.38. The molecular weight excluding hydrogens is 414 g/mol. The molecule has 0 aliphatic heterocycles. The van der Waals surface area contributed by atoms with Gasteiger partial charge in [0.2, 0.25) is 0 Å². The Morgan fingerprint density at radius 2 is 1.52 bits per heavy atom. The number of carbonyl (C=O) groups is 3. The van der Waals surface area contributed by atoms with Crippen molar-refractivity contribution in [3.8, 4) is 11.8 Å². The summed E-state index contributed by atoms with van der Waals surface area (Å²) in [4.78, 5) is 38.0. The first kappa shape index (κ1) is 24.4. The molecule has 1 aliphatic rings. The minimum atomic E-state index is -1.28. The Morgan fingerprint density at radius 3 is 2.00 bits per heavy atom. The van der Waals surface area contributed by atoms with E-state index in [0.29, 0.717) is 11.5 Å². The maximum absolute atomic E-state index is 12.8. The zero-order chi connectivity index (χ0) is 24.0. The lowest BCUT2D eigenvalue weighted by Gasteiger charge is -2.25. The number of aliphatic hydroxyl groups excluding tert-OH is 1. The van der Waals surface area contributed by atoms with Gasteiger partial charge in [-0.05, 0) is 60.2 Å². The predicted octanol–water partition coefficient (Wildman–Crippen LogP) is 3.97. The zero-order valence-corrected chi connectivity index (χ0v) is 19.5. The fourth-order valence-electron chi connectivity index (χ4n) is 3.94. The smallest absolute Gasteiger partial charge is 0.254 e. The van der Waals surface area contributed by atoms with Gasteiger partial charge in [-0.1, -0.05) is 50.7 Å². The van der Waals surface area contributed by atoms with Crippen LogP contribution in [0.25, 0.3) is 0 Å². The topological polar surface area (TPSA) is 74.7 Å². The van der Waals surface area contributed by atoms with E-state index in [2.05, 4.69) is 30.9 Å². The predicted molar refractivity (Wildman–Crippen MR) is 128 cm³/mol. The second kappa shape index (κ2) is 11.1. The van der Waals surface area contributed by atoms with Crippen LogP contribution in [0.1, 0.15) is 72.5 Å². The molecule has 5 nitrogen and oxygen atoms in total. The quantitative estimate of drug-likeness (QED) is 0.468. The van der Waals surface area contributed by atoms with Crippen LogP contribution in [0.4, 0.5) is 0 Å². The van der Waals surface area contributed by atoms with E-state index in [9.17, 15) is 14.4 Å². The van der Waals surface area contributed by atoms with Crippen LogP contribution in [0.5, 0.6) is 0 Å². The van der Waals surface area contributed by atoms with Gasteiger partial charge in [-0.15, -0.1) is 0 Å². The molecule has 2 unspecified atom stereocenters. The molecule has 0 saturated heterocycles. The molecular formula is C28H31NO4. The van der Waals surface area contributed by atoms with E-state index in [1.807, 2.05) is 12.1 Å². The van der Waals surface area contributed by atoms with Gasteiger partial charge in [0.25, 0.3) is 5.91 Å². The fourth-order valence-corrected chi connectivity index (χ4v) is 3.94. The Kier molecular flexibility index (Phi) is 8.19. The fraction of sp³-hybridized carbons (Fsp3) is 0.393. The number of nitrogens with zero attached hydrogens (tertiary/aromatic N) is 1. The van der Waals surface area contributed by atoms with Gasteiger partial charge in [0, 0.05) is 30.2 Å². The highest BCUT2D eigenvalue weighted by molar-refractivity contribution is 6.10. The van der Waals surface area contributed by atoms with E-state index in [-0.39, 0.29) is 6.42 Å². The first-order valence-electron chi connectivity index (χ1n) is 11.5. The van der Waals surface area contributed by atoms with E-state index in [1.165, 1.54) is 31.9 Å². The van der Waals surface area contributed by atoms with E-state index in [4.69, 9.17) is 5.11 Å². The van der Waals surface area contributed by atoms with Crippen molar-refractivity contribution in [3.63, 3.8) is 0 Å². The van der Waals surface area contributed by atoms with Gasteiger partial charge in [0.15, 0.2) is 17.6 Å². The van der Waals surface area contributed by atoms with Gasteiger partial charge in [0.1, 0.15) is 6.61 Å². The summed E-state index contributed by atoms with van der Waals surface area (Å²) < 4.78 is 0. The highest BCUT2D eigenvalue weighted by Gasteiger charge is 2.32. The summed E-state index contributed by atoms with van der Waals surface area (Å²) in [6.45, 7) is 3.11. The Labute approximate surface area is 195 Å². The van der Waals surface area contributed by atoms with Crippen molar-refractivity contribution in [2.75, 3.05) is 13.7 Å². The summed E-state index contributed by atoms with van der Waals surface area (Å²) in [5, 5.41) is 9.16. The summed E-state index contributed by atoms with van der Waals surface area (Å²) >= 11 is 0. The van der Waals surface area contributed by atoms with E-state index < -0.39 is 30.1 Å². The minimum absolute atomic E-state index is 0.100. The van der Waals surface area contributed by atoms with Gasteiger partial charge < -0.3 is 10.0 Å². The third kappa shape index (κ3) is 6.40. The number of benzene rings is 2. The molecule has 172 valence electrons. The summed E-state index contributed by atoms with van der Waals surface area (Å²) in [6.07, 6.45) is 4.09. The highest BCUT2D eigenvalue weighted by atomic mass is 16.3. The van der Waals surface area contributed by atoms with Crippen LogP contribution in [-0.2, 0) is 9.59 Å². The Balaban J connectivity index is 1.66. The summed E-state index contributed by atoms with van der Waals surface area (Å²) in [6, 6.07) is 13.8. The van der Waals surface area contributed by atoms with E-state index >= 15 is 0 Å². The highest BCUT2D eigenvalue weighted by Crippen LogP contribution is 2.38. The molecule has 33 heavy (non-hydrogen) atoms. The summed E-state index contributed by atoms with van der Waals surface area (Å²) in [5.74, 6) is 6.19. The van der Waals surface area contributed by atoms with Gasteiger partial charge in [-0.2, -0.15) is 0 Å². The average Bonchev–Trinajstić information content (AvgIpc) is 3.66. The lowest BCUT2D eigenvalue weighted by atomic mass is 9.95. The normalized spacial score (nSPS) is 14.5. The molecule has 0 radical (unpaired) electrons. The summed E-state index contributed by atoms with van der Waals surface area (Å²) in [7, 11) is 1.40.